The van der Waals surface area contributed by atoms with Crippen LogP contribution in [0.2, 0.25) is 0 Å². The van der Waals surface area contributed by atoms with Crippen molar-refractivity contribution in [1.29, 1.82) is 0 Å². The molecule has 0 radical (unpaired) electrons. The molecule has 0 amide bonds. The van der Waals surface area contributed by atoms with Crippen molar-refractivity contribution in [2.45, 2.75) is 59.9 Å². The molecule has 0 saturated carbocycles. The van der Waals surface area contributed by atoms with Gasteiger partial charge in [-0.15, -0.1) is 5.10 Å². The molecule has 1 heterocycles. The molecule has 16 heavy (non-hydrogen) atoms. The first-order valence-corrected chi connectivity index (χ1v) is 6.41. The third-order valence-electron chi connectivity index (χ3n) is 3.15. The Morgan fingerprint density at radius 2 is 1.88 bits per heavy atom. The third kappa shape index (κ3) is 3.95. The molecule has 1 aromatic heterocycles. The maximum absolute atomic E-state index is 4.23. The van der Waals surface area contributed by atoms with Crippen molar-refractivity contribution in [1.82, 2.24) is 15.0 Å². The Kier molecular flexibility index (Phi) is 4.97. The molecule has 0 aliphatic heterocycles. The summed E-state index contributed by atoms with van der Waals surface area (Å²) in [7, 11) is 0. The van der Waals surface area contributed by atoms with E-state index in [1.165, 1.54) is 12.8 Å². The van der Waals surface area contributed by atoms with E-state index in [0.717, 1.165) is 18.0 Å². The fraction of sp³-hybridized carbons (Fsp3) is 0.846. The molecule has 0 fully saturated rings. The lowest BCUT2D eigenvalue weighted by Crippen LogP contribution is -2.11. The molecule has 1 aromatic rings. The summed E-state index contributed by atoms with van der Waals surface area (Å²) >= 11 is 0. The molecule has 1 unspecified atom stereocenters. The number of hydrogen-bond donors (Lipinski definition) is 0. The van der Waals surface area contributed by atoms with Crippen molar-refractivity contribution in [2.24, 2.45) is 11.8 Å². The molecule has 0 N–H and O–H groups in total. The van der Waals surface area contributed by atoms with Crippen LogP contribution in [-0.4, -0.2) is 15.0 Å². The predicted molar refractivity (Wildman–Crippen MR) is 67.3 cm³/mol. The first-order chi connectivity index (χ1) is 7.50. The average Bonchev–Trinajstić information content (AvgIpc) is 2.64. The van der Waals surface area contributed by atoms with Gasteiger partial charge in [-0.2, -0.15) is 0 Å². The zero-order valence-electron chi connectivity index (χ0n) is 11.3. The van der Waals surface area contributed by atoms with Gasteiger partial charge in [0.05, 0.1) is 11.7 Å². The Labute approximate surface area is 99.2 Å². The van der Waals surface area contributed by atoms with Gasteiger partial charge in [-0.25, -0.2) is 4.68 Å². The first kappa shape index (κ1) is 13.2. The predicted octanol–water partition coefficient (Wildman–Crippen LogP) is 3.47. The van der Waals surface area contributed by atoms with Gasteiger partial charge >= 0.3 is 0 Å². The Bertz CT molecular complexity index is 302. The molecule has 3 heteroatoms. The summed E-state index contributed by atoms with van der Waals surface area (Å²) in [5, 5.41) is 8.43. The maximum Gasteiger partial charge on any atom is 0.0827 e. The summed E-state index contributed by atoms with van der Waals surface area (Å²) in [4.78, 5) is 0. The lowest BCUT2D eigenvalue weighted by atomic mass is 10.1. The number of nitrogens with zero attached hydrogens (tertiary/aromatic N) is 3. The SMILES string of the molecule is CC(C)CCCc1cn(C(C)C(C)C)nn1. The Balaban J connectivity index is 2.45. The summed E-state index contributed by atoms with van der Waals surface area (Å²) in [6.45, 7) is 11.1. The van der Waals surface area contributed by atoms with Crippen molar-refractivity contribution in [2.75, 3.05) is 0 Å². The van der Waals surface area contributed by atoms with Gasteiger partial charge in [-0.1, -0.05) is 39.3 Å². The van der Waals surface area contributed by atoms with E-state index in [-0.39, 0.29) is 0 Å². The number of hydrogen-bond acceptors (Lipinski definition) is 2. The molecule has 1 rings (SSSR count). The van der Waals surface area contributed by atoms with Gasteiger partial charge in [0.15, 0.2) is 0 Å². The van der Waals surface area contributed by atoms with Crippen LogP contribution in [0, 0.1) is 11.8 Å². The van der Waals surface area contributed by atoms with Crippen LogP contribution >= 0.6 is 0 Å². The molecular weight excluding hydrogens is 198 g/mol. The van der Waals surface area contributed by atoms with Gasteiger partial charge < -0.3 is 0 Å². The van der Waals surface area contributed by atoms with Crippen molar-refractivity contribution in [3.05, 3.63) is 11.9 Å². The van der Waals surface area contributed by atoms with Crippen LogP contribution in [0.3, 0.4) is 0 Å². The number of rotatable bonds is 6. The van der Waals surface area contributed by atoms with E-state index in [9.17, 15) is 0 Å². The summed E-state index contributed by atoms with van der Waals surface area (Å²) in [5.41, 5.74) is 1.13. The minimum Gasteiger partial charge on any atom is -0.249 e. The minimum atomic E-state index is 0.436. The van der Waals surface area contributed by atoms with E-state index in [2.05, 4.69) is 51.1 Å². The second-order valence-corrected chi connectivity index (χ2v) is 5.46. The molecule has 0 saturated heterocycles. The molecule has 1 atom stereocenters. The second-order valence-electron chi connectivity index (χ2n) is 5.46. The zero-order chi connectivity index (χ0) is 12.1. The van der Waals surface area contributed by atoms with Gasteiger partial charge in [-0.3, -0.25) is 0 Å². The lowest BCUT2D eigenvalue weighted by Gasteiger charge is -2.14. The minimum absolute atomic E-state index is 0.436. The molecule has 0 spiro atoms. The summed E-state index contributed by atoms with van der Waals surface area (Å²) in [5.74, 6) is 1.38. The van der Waals surface area contributed by atoms with Gasteiger partial charge in [0.25, 0.3) is 0 Å². The molecular formula is C13H25N3. The number of aryl methyl sites for hydroxylation is 1. The standard InChI is InChI=1S/C13H25N3/c1-10(2)7-6-8-13-9-16(15-14-13)12(5)11(3)4/h9-12H,6-8H2,1-5H3. The lowest BCUT2D eigenvalue weighted by molar-refractivity contribution is 0.368. The fourth-order valence-corrected chi connectivity index (χ4v) is 1.62. The highest BCUT2D eigenvalue weighted by Gasteiger charge is 2.11. The van der Waals surface area contributed by atoms with Crippen molar-refractivity contribution < 1.29 is 0 Å². The summed E-state index contributed by atoms with van der Waals surface area (Å²) in [6, 6.07) is 0.436. The van der Waals surface area contributed by atoms with E-state index in [1.807, 2.05) is 4.68 Å². The van der Waals surface area contributed by atoms with Gasteiger partial charge in [0.1, 0.15) is 0 Å². The largest absolute Gasteiger partial charge is 0.249 e. The fourth-order valence-electron chi connectivity index (χ4n) is 1.62. The van der Waals surface area contributed by atoms with Crippen LogP contribution in [0.4, 0.5) is 0 Å². The Morgan fingerprint density at radius 3 is 2.44 bits per heavy atom. The Hall–Kier alpha value is -0.860. The van der Waals surface area contributed by atoms with Crippen LogP contribution in [-0.2, 0) is 6.42 Å². The van der Waals surface area contributed by atoms with E-state index in [1.54, 1.807) is 0 Å². The number of aromatic nitrogens is 3. The van der Waals surface area contributed by atoms with Gasteiger partial charge in [0.2, 0.25) is 0 Å². The van der Waals surface area contributed by atoms with Crippen molar-refractivity contribution >= 4 is 0 Å². The normalized spacial score (nSPS) is 13.7. The molecule has 0 aromatic carbocycles. The highest BCUT2D eigenvalue weighted by atomic mass is 15.4. The second kappa shape index (κ2) is 6.02. The third-order valence-corrected chi connectivity index (χ3v) is 3.15. The highest BCUT2D eigenvalue weighted by Crippen LogP contribution is 2.16. The van der Waals surface area contributed by atoms with E-state index in [4.69, 9.17) is 0 Å². The highest BCUT2D eigenvalue weighted by molar-refractivity contribution is 4.93. The smallest absolute Gasteiger partial charge is 0.0827 e. The van der Waals surface area contributed by atoms with Crippen LogP contribution in [0.1, 0.15) is 59.2 Å². The topological polar surface area (TPSA) is 30.7 Å². The van der Waals surface area contributed by atoms with Crippen molar-refractivity contribution in [3.8, 4) is 0 Å². The molecule has 0 aliphatic carbocycles. The van der Waals surface area contributed by atoms with E-state index >= 15 is 0 Å². The summed E-state index contributed by atoms with van der Waals surface area (Å²) < 4.78 is 2.00. The van der Waals surface area contributed by atoms with Crippen LogP contribution < -0.4 is 0 Å². The van der Waals surface area contributed by atoms with Crippen molar-refractivity contribution in [3.63, 3.8) is 0 Å². The zero-order valence-corrected chi connectivity index (χ0v) is 11.3. The molecule has 3 nitrogen and oxygen atoms in total. The van der Waals surface area contributed by atoms with Crippen LogP contribution in [0.15, 0.2) is 6.20 Å². The quantitative estimate of drug-likeness (QED) is 0.739. The van der Waals surface area contributed by atoms with Crippen LogP contribution in [0.25, 0.3) is 0 Å². The monoisotopic (exact) mass is 223 g/mol. The van der Waals surface area contributed by atoms with E-state index < -0.39 is 0 Å². The molecule has 92 valence electrons. The molecule has 0 aliphatic rings. The van der Waals surface area contributed by atoms with E-state index in [0.29, 0.717) is 12.0 Å². The van der Waals surface area contributed by atoms with Crippen LogP contribution in [0.5, 0.6) is 0 Å². The Morgan fingerprint density at radius 1 is 1.19 bits per heavy atom. The molecule has 0 bridgehead atoms. The van der Waals surface area contributed by atoms with Gasteiger partial charge in [-0.05, 0) is 31.6 Å². The maximum atomic E-state index is 4.23. The van der Waals surface area contributed by atoms with Gasteiger partial charge in [0, 0.05) is 6.20 Å². The summed E-state index contributed by atoms with van der Waals surface area (Å²) in [6.07, 6.45) is 5.65. The average molecular weight is 223 g/mol. The first-order valence-electron chi connectivity index (χ1n) is 6.41.